The maximum Gasteiger partial charge on any atom is 0.223 e. The van der Waals surface area contributed by atoms with E-state index in [1.165, 1.54) is 0 Å². The van der Waals surface area contributed by atoms with Crippen molar-refractivity contribution in [2.75, 3.05) is 13.1 Å². The first-order valence-electron chi connectivity index (χ1n) is 7.15. The van der Waals surface area contributed by atoms with Crippen LogP contribution >= 0.6 is 11.6 Å². The van der Waals surface area contributed by atoms with Gasteiger partial charge in [-0.05, 0) is 25.0 Å². The van der Waals surface area contributed by atoms with Gasteiger partial charge in [-0.2, -0.15) is 0 Å². The molecule has 0 heterocycles. The zero-order chi connectivity index (χ0) is 15.0. The molecule has 0 bridgehead atoms. The lowest BCUT2D eigenvalue weighted by molar-refractivity contribution is -0.131. The van der Waals surface area contributed by atoms with Crippen molar-refractivity contribution >= 4 is 23.3 Å². The summed E-state index contributed by atoms with van der Waals surface area (Å²) in [5.41, 5.74) is 0.572. The maximum atomic E-state index is 12.1. The van der Waals surface area contributed by atoms with Gasteiger partial charge in [-0.1, -0.05) is 37.6 Å². The Hall–Kier alpha value is -1.35. The van der Waals surface area contributed by atoms with Crippen LogP contribution in [0.1, 0.15) is 49.9 Å². The van der Waals surface area contributed by atoms with Gasteiger partial charge in [0.1, 0.15) is 0 Å². The SMILES string of the molecule is CCCN(CCC)C(=O)CCC(=O)c1cccc(Cl)c1. The lowest BCUT2D eigenvalue weighted by Crippen LogP contribution is -2.32. The van der Waals surface area contributed by atoms with Crippen LogP contribution in [-0.2, 0) is 4.79 Å². The zero-order valence-electron chi connectivity index (χ0n) is 12.2. The lowest BCUT2D eigenvalue weighted by Gasteiger charge is -2.21. The van der Waals surface area contributed by atoms with E-state index in [-0.39, 0.29) is 24.5 Å². The van der Waals surface area contributed by atoms with Crippen LogP contribution in [0.15, 0.2) is 24.3 Å². The highest BCUT2D eigenvalue weighted by molar-refractivity contribution is 6.31. The first kappa shape index (κ1) is 16.7. The molecule has 110 valence electrons. The van der Waals surface area contributed by atoms with Gasteiger partial charge in [-0.25, -0.2) is 0 Å². The fourth-order valence-corrected chi connectivity index (χ4v) is 2.28. The topological polar surface area (TPSA) is 37.4 Å². The molecular weight excluding hydrogens is 274 g/mol. The molecule has 1 aromatic rings. The highest BCUT2D eigenvalue weighted by Gasteiger charge is 2.14. The molecule has 0 atom stereocenters. The van der Waals surface area contributed by atoms with Gasteiger partial charge in [0.2, 0.25) is 5.91 Å². The van der Waals surface area contributed by atoms with E-state index in [1.54, 1.807) is 24.3 Å². The van der Waals surface area contributed by atoms with Crippen molar-refractivity contribution in [3.63, 3.8) is 0 Å². The van der Waals surface area contributed by atoms with Crippen LogP contribution in [0.4, 0.5) is 0 Å². The summed E-state index contributed by atoms with van der Waals surface area (Å²) in [6.45, 7) is 5.62. The summed E-state index contributed by atoms with van der Waals surface area (Å²) < 4.78 is 0. The quantitative estimate of drug-likeness (QED) is 0.681. The predicted octanol–water partition coefficient (Wildman–Crippen LogP) is 3.95. The molecule has 4 heteroatoms. The van der Waals surface area contributed by atoms with Crippen molar-refractivity contribution in [2.24, 2.45) is 0 Å². The molecule has 20 heavy (non-hydrogen) atoms. The average molecular weight is 296 g/mol. The third-order valence-corrected chi connectivity index (χ3v) is 3.29. The van der Waals surface area contributed by atoms with Crippen molar-refractivity contribution in [2.45, 2.75) is 39.5 Å². The number of rotatable bonds is 8. The number of halogens is 1. The Bertz CT molecular complexity index is 454. The van der Waals surface area contributed by atoms with E-state index in [9.17, 15) is 9.59 Å². The second-order valence-electron chi connectivity index (χ2n) is 4.81. The van der Waals surface area contributed by atoms with Crippen molar-refractivity contribution in [1.29, 1.82) is 0 Å². The molecule has 1 rings (SSSR count). The van der Waals surface area contributed by atoms with Gasteiger partial charge < -0.3 is 4.90 Å². The standard InChI is InChI=1S/C16H22ClNO2/c1-3-10-18(11-4-2)16(20)9-8-15(19)13-6-5-7-14(17)12-13/h5-7,12H,3-4,8-11H2,1-2H3. The molecule has 0 N–H and O–H groups in total. The van der Waals surface area contributed by atoms with Gasteiger partial charge >= 0.3 is 0 Å². The van der Waals surface area contributed by atoms with Crippen LogP contribution in [0.3, 0.4) is 0 Å². The van der Waals surface area contributed by atoms with Gasteiger partial charge in [0, 0.05) is 36.5 Å². The first-order chi connectivity index (χ1) is 9.58. The van der Waals surface area contributed by atoms with Crippen molar-refractivity contribution in [3.05, 3.63) is 34.9 Å². The molecule has 0 radical (unpaired) electrons. The average Bonchev–Trinajstić information content (AvgIpc) is 2.44. The zero-order valence-corrected chi connectivity index (χ0v) is 12.9. The van der Waals surface area contributed by atoms with Crippen LogP contribution in [0.2, 0.25) is 5.02 Å². The molecule has 0 saturated heterocycles. The Morgan fingerprint density at radius 3 is 2.30 bits per heavy atom. The second kappa shape index (κ2) is 8.75. The Morgan fingerprint density at radius 2 is 1.75 bits per heavy atom. The summed E-state index contributed by atoms with van der Waals surface area (Å²) >= 11 is 5.86. The molecule has 0 unspecified atom stereocenters. The highest BCUT2D eigenvalue weighted by Crippen LogP contribution is 2.13. The van der Waals surface area contributed by atoms with Crippen molar-refractivity contribution in [3.8, 4) is 0 Å². The summed E-state index contributed by atoms with van der Waals surface area (Å²) in [6.07, 6.45) is 2.39. The minimum atomic E-state index is -0.0335. The molecule has 0 aromatic heterocycles. The van der Waals surface area contributed by atoms with E-state index >= 15 is 0 Å². The minimum absolute atomic E-state index is 0.0335. The van der Waals surface area contributed by atoms with Crippen LogP contribution in [0, 0.1) is 0 Å². The van der Waals surface area contributed by atoms with Crippen LogP contribution < -0.4 is 0 Å². The number of hydrogen-bond acceptors (Lipinski definition) is 2. The summed E-state index contributed by atoms with van der Waals surface area (Å²) in [6, 6.07) is 6.85. The van der Waals surface area contributed by atoms with Gasteiger partial charge in [-0.15, -0.1) is 0 Å². The van der Waals surface area contributed by atoms with Crippen LogP contribution in [-0.4, -0.2) is 29.7 Å². The molecule has 0 aliphatic heterocycles. The summed E-state index contributed by atoms with van der Waals surface area (Å²) in [7, 11) is 0. The number of carbonyl (C=O) groups excluding carboxylic acids is 2. The van der Waals surface area contributed by atoms with E-state index in [4.69, 9.17) is 11.6 Å². The number of benzene rings is 1. The number of nitrogens with zero attached hydrogens (tertiary/aromatic N) is 1. The molecule has 3 nitrogen and oxygen atoms in total. The van der Waals surface area contributed by atoms with Gasteiger partial charge in [-0.3, -0.25) is 9.59 Å². The monoisotopic (exact) mass is 295 g/mol. The largest absolute Gasteiger partial charge is 0.343 e. The number of carbonyl (C=O) groups is 2. The smallest absolute Gasteiger partial charge is 0.223 e. The summed E-state index contributed by atoms with van der Waals surface area (Å²) in [5.74, 6) is 0.0258. The molecule has 1 aromatic carbocycles. The second-order valence-corrected chi connectivity index (χ2v) is 5.25. The van der Waals surface area contributed by atoms with Crippen LogP contribution in [0.25, 0.3) is 0 Å². The first-order valence-corrected chi connectivity index (χ1v) is 7.52. The number of Topliss-reactive ketones (excluding diaryl/α,β-unsaturated/α-hetero) is 1. The minimum Gasteiger partial charge on any atom is -0.343 e. The molecule has 0 aliphatic rings. The molecule has 1 amide bonds. The normalized spacial score (nSPS) is 10.3. The predicted molar refractivity (Wildman–Crippen MR) is 82.2 cm³/mol. The number of ketones is 1. The van der Waals surface area contributed by atoms with Crippen molar-refractivity contribution in [1.82, 2.24) is 4.90 Å². The van der Waals surface area contributed by atoms with E-state index in [0.717, 1.165) is 25.9 Å². The van der Waals surface area contributed by atoms with Gasteiger partial charge in [0.15, 0.2) is 5.78 Å². The van der Waals surface area contributed by atoms with Crippen LogP contribution in [0.5, 0.6) is 0 Å². The lowest BCUT2D eigenvalue weighted by atomic mass is 10.1. The maximum absolute atomic E-state index is 12.1. The third kappa shape index (κ3) is 5.33. The Labute approximate surface area is 125 Å². The Morgan fingerprint density at radius 1 is 1.10 bits per heavy atom. The van der Waals surface area contributed by atoms with Crippen molar-refractivity contribution < 1.29 is 9.59 Å². The summed E-state index contributed by atoms with van der Waals surface area (Å²) in [4.78, 5) is 25.9. The van der Waals surface area contributed by atoms with E-state index in [2.05, 4.69) is 0 Å². The Kier molecular flexibility index (Phi) is 7.31. The number of hydrogen-bond donors (Lipinski definition) is 0. The van der Waals surface area contributed by atoms with Gasteiger partial charge in [0.25, 0.3) is 0 Å². The third-order valence-electron chi connectivity index (χ3n) is 3.05. The fraction of sp³-hybridized carbons (Fsp3) is 0.500. The molecule has 0 saturated carbocycles. The van der Waals surface area contributed by atoms with E-state index < -0.39 is 0 Å². The highest BCUT2D eigenvalue weighted by atomic mass is 35.5. The van der Waals surface area contributed by atoms with Gasteiger partial charge in [0.05, 0.1) is 0 Å². The number of amides is 1. The van der Waals surface area contributed by atoms with E-state index in [0.29, 0.717) is 10.6 Å². The molecular formula is C16H22ClNO2. The van der Waals surface area contributed by atoms with E-state index in [1.807, 2.05) is 18.7 Å². The molecule has 0 aliphatic carbocycles. The molecule has 0 spiro atoms. The fourth-order valence-electron chi connectivity index (χ4n) is 2.09. The molecule has 0 fully saturated rings. The summed E-state index contributed by atoms with van der Waals surface area (Å²) in [5, 5.41) is 0.542. The Balaban J connectivity index is 2.53.